The third-order valence-electron chi connectivity index (χ3n) is 7.92. The van der Waals surface area contributed by atoms with Crippen molar-refractivity contribution in [3.63, 3.8) is 0 Å². The van der Waals surface area contributed by atoms with Crippen LogP contribution in [0.25, 0.3) is 11.1 Å². The molecule has 3 aromatic rings. The van der Waals surface area contributed by atoms with Gasteiger partial charge in [0.2, 0.25) is 5.76 Å². The number of carbonyl (C=O) groups excluding carboxylic acids is 3. The van der Waals surface area contributed by atoms with Gasteiger partial charge in [0.05, 0.1) is 7.11 Å². The second-order valence-electron chi connectivity index (χ2n) is 11.0. The number of ether oxygens (including phenoxy) is 1. The minimum Gasteiger partial charge on any atom is -0.467 e. The molecule has 2 aromatic carbocycles. The van der Waals surface area contributed by atoms with Crippen LogP contribution < -0.4 is 10.2 Å². The molecule has 0 spiro atoms. The molecule has 1 N–H and O–H groups in total. The molecule has 1 aromatic heterocycles. The Morgan fingerprint density at radius 3 is 2.33 bits per heavy atom. The minimum atomic E-state index is -3.55. The number of likely N-dealkylation sites (tertiary alicyclic amines) is 1. The smallest absolute Gasteiger partial charge is 0.328 e. The second-order valence-corrected chi connectivity index (χ2v) is 11.0. The van der Waals surface area contributed by atoms with E-state index in [1.54, 1.807) is 58.3 Å². The number of rotatable bonds is 8. The first-order valence-corrected chi connectivity index (χ1v) is 14.3. The van der Waals surface area contributed by atoms with E-state index in [9.17, 15) is 23.2 Å². The van der Waals surface area contributed by atoms with Gasteiger partial charge in [0.15, 0.2) is 5.69 Å². The quantitative estimate of drug-likeness (QED) is 0.257. The van der Waals surface area contributed by atoms with Gasteiger partial charge < -0.3 is 24.3 Å². The van der Waals surface area contributed by atoms with Crippen molar-refractivity contribution in [3.8, 4) is 11.1 Å². The van der Waals surface area contributed by atoms with Gasteiger partial charge in [-0.1, -0.05) is 37.8 Å². The Morgan fingerprint density at radius 1 is 1.05 bits per heavy atom. The van der Waals surface area contributed by atoms with Crippen molar-refractivity contribution < 1.29 is 32.3 Å². The Kier molecular flexibility index (Phi) is 8.61. The zero-order chi connectivity index (χ0) is 30.7. The normalized spacial score (nSPS) is 18.8. The number of benzene rings is 2. The van der Waals surface area contributed by atoms with Crippen molar-refractivity contribution in [1.82, 2.24) is 9.88 Å². The predicted octanol–water partition coefficient (Wildman–Crippen LogP) is 5.89. The standard InChI is InChI=1S/C32H34F2N4O5/c1-4-32(33,34)27-26(43-31(36-27)37-17-5-7-20(2)19-37)28(39)35-24-15-13-22(14-16-24)21-9-11-23(12-10-21)29(40)38-18-6-8-25(38)30(41)42-3/h4,9-16,20,25H,1,5-8,17-19H2,2-3H3,(H,35,39)/t20?,25-/m0/s1. The third-order valence-corrected chi connectivity index (χ3v) is 7.92. The number of oxazole rings is 1. The molecule has 2 atom stereocenters. The molecular formula is C32H34F2N4O5. The number of hydrogen-bond donors (Lipinski definition) is 1. The average Bonchev–Trinajstić information content (AvgIpc) is 3.70. The van der Waals surface area contributed by atoms with Crippen LogP contribution in [-0.2, 0) is 15.5 Å². The Morgan fingerprint density at radius 2 is 1.70 bits per heavy atom. The third kappa shape index (κ3) is 6.30. The first-order valence-electron chi connectivity index (χ1n) is 14.3. The molecule has 2 aliphatic heterocycles. The molecule has 43 heavy (non-hydrogen) atoms. The number of amides is 2. The Hall–Kier alpha value is -4.54. The zero-order valence-corrected chi connectivity index (χ0v) is 24.1. The van der Waals surface area contributed by atoms with Crippen LogP contribution in [0.4, 0.5) is 20.5 Å². The molecule has 0 radical (unpaired) electrons. The van der Waals surface area contributed by atoms with E-state index >= 15 is 0 Å². The lowest BCUT2D eigenvalue weighted by atomic mass is 10.0. The van der Waals surface area contributed by atoms with E-state index in [0.29, 0.717) is 49.3 Å². The molecule has 3 heterocycles. The summed E-state index contributed by atoms with van der Waals surface area (Å²) in [5, 5.41) is 2.63. The van der Waals surface area contributed by atoms with E-state index in [-0.39, 0.29) is 11.9 Å². The highest BCUT2D eigenvalue weighted by Gasteiger charge is 2.39. The molecule has 2 aliphatic rings. The van der Waals surface area contributed by atoms with Gasteiger partial charge >= 0.3 is 11.9 Å². The number of carbonyl (C=O) groups is 3. The van der Waals surface area contributed by atoms with E-state index in [2.05, 4.69) is 23.8 Å². The number of halogens is 2. The van der Waals surface area contributed by atoms with E-state index in [4.69, 9.17) is 9.15 Å². The number of piperidine rings is 1. The van der Waals surface area contributed by atoms with Crippen LogP contribution in [-0.4, -0.2) is 60.5 Å². The molecule has 226 valence electrons. The summed E-state index contributed by atoms with van der Waals surface area (Å²) in [5.74, 6) is -5.26. The average molecular weight is 593 g/mol. The summed E-state index contributed by atoms with van der Waals surface area (Å²) in [7, 11) is 1.31. The second kappa shape index (κ2) is 12.4. The lowest BCUT2D eigenvalue weighted by Gasteiger charge is -2.29. The Labute approximate surface area is 248 Å². The lowest BCUT2D eigenvalue weighted by molar-refractivity contribution is -0.145. The lowest BCUT2D eigenvalue weighted by Crippen LogP contribution is -2.41. The molecule has 1 unspecified atom stereocenters. The SMILES string of the molecule is C=CC(F)(F)c1nc(N2CCCC(C)C2)oc1C(=O)Nc1ccc(-c2ccc(C(=O)N3CCC[C@H]3C(=O)OC)cc2)cc1. The van der Waals surface area contributed by atoms with Crippen LogP contribution in [0.15, 0.2) is 65.6 Å². The first-order chi connectivity index (χ1) is 20.6. The van der Waals surface area contributed by atoms with Gasteiger partial charge in [-0.15, -0.1) is 0 Å². The van der Waals surface area contributed by atoms with Crippen molar-refractivity contribution in [2.45, 2.75) is 44.6 Å². The number of esters is 1. The maximum Gasteiger partial charge on any atom is 0.328 e. The highest BCUT2D eigenvalue weighted by Crippen LogP contribution is 2.35. The Bertz CT molecular complexity index is 1500. The number of nitrogens with one attached hydrogen (secondary N) is 1. The molecule has 5 rings (SSSR count). The minimum absolute atomic E-state index is 0.00366. The predicted molar refractivity (Wildman–Crippen MR) is 157 cm³/mol. The van der Waals surface area contributed by atoms with Crippen molar-refractivity contribution in [2.24, 2.45) is 5.92 Å². The van der Waals surface area contributed by atoms with E-state index < -0.39 is 35.3 Å². The zero-order valence-electron chi connectivity index (χ0n) is 24.1. The summed E-state index contributed by atoms with van der Waals surface area (Å²) in [6.45, 7) is 6.96. The highest BCUT2D eigenvalue weighted by atomic mass is 19.3. The van der Waals surface area contributed by atoms with Crippen LogP contribution in [0.2, 0.25) is 0 Å². The summed E-state index contributed by atoms with van der Waals surface area (Å²) in [5.41, 5.74) is 1.70. The van der Waals surface area contributed by atoms with Crippen LogP contribution in [0, 0.1) is 5.92 Å². The number of methoxy groups -OCH3 is 1. The van der Waals surface area contributed by atoms with Crippen molar-refractivity contribution >= 4 is 29.5 Å². The molecule has 0 aliphatic carbocycles. The van der Waals surface area contributed by atoms with Crippen molar-refractivity contribution in [3.05, 3.63) is 78.2 Å². The van der Waals surface area contributed by atoms with Crippen molar-refractivity contribution in [1.29, 1.82) is 0 Å². The maximum atomic E-state index is 14.7. The largest absolute Gasteiger partial charge is 0.467 e. The topological polar surface area (TPSA) is 105 Å². The van der Waals surface area contributed by atoms with Crippen LogP contribution in [0.3, 0.4) is 0 Å². The Balaban J connectivity index is 1.29. The fourth-order valence-electron chi connectivity index (χ4n) is 5.58. The number of nitrogens with zero attached hydrogens (tertiary/aromatic N) is 3. The van der Waals surface area contributed by atoms with Gasteiger partial charge in [0, 0.05) is 30.9 Å². The molecule has 11 heteroatoms. The number of allylic oxidation sites excluding steroid dienone is 1. The van der Waals surface area contributed by atoms with Gasteiger partial charge in [-0.05, 0) is 73.1 Å². The molecule has 9 nitrogen and oxygen atoms in total. The fourth-order valence-corrected chi connectivity index (χ4v) is 5.58. The van der Waals surface area contributed by atoms with Crippen molar-refractivity contribution in [2.75, 3.05) is 37.0 Å². The van der Waals surface area contributed by atoms with Gasteiger partial charge in [0.1, 0.15) is 6.04 Å². The summed E-state index contributed by atoms with van der Waals surface area (Å²) in [4.78, 5) is 45.5. The van der Waals surface area contributed by atoms with Gasteiger partial charge in [0.25, 0.3) is 17.8 Å². The molecule has 0 bridgehead atoms. The molecule has 2 saturated heterocycles. The first kappa shape index (κ1) is 29.9. The number of alkyl halides is 2. The summed E-state index contributed by atoms with van der Waals surface area (Å²) in [6, 6.07) is 13.2. The fraction of sp³-hybridized carbons (Fsp3) is 0.375. The monoisotopic (exact) mass is 592 g/mol. The summed E-state index contributed by atoms with van der Waals surface area (Å²) >= 11 is 0. The van der Waals surface area contributed by atoms with E-state index in [1.165, 1.54) is 7.11 Å². The van der Waals surface area contributed by atoms with E-state index in [0.717, 1.165) is 30.4 Å². The van der Waals surface area contributed by atoms with E-state index in [1.807, 2.05) is 0 Å². The van der Waals surface area contributed by atoms with Crippen LogP contribution in [0.5, 0.6) is 0 Å². The van der Waals surface area contributed by atoms with Gasteiger partial charge in [-0.2, -0.15) is 13.8 Å². The summed E-state index contributed by atoms with van der Waals surface area (Å²) < 4.78 is 39.9. The maximum absolute atomic E-state index is 14.7. The van der Waals surface area contributed by atoms with Crippen LogP contribution >= 0.6 is 0 Å². The number of hydrogen-bond acceptors (Lipinski definition) is 7. The molecular weight excluding hydrogens is 558 g/mol. The van der Waals surface area contributed by atoms with Crippen LogP contribution in [0.1, 0.15) is 59.2 Å². The number of aromatic nitrogens is 1. The molecule has 0 saturated carbocycles. The highest BCUT2D eigenvalue weighted by molar-refractivity contribution is 6.03. The van der Waals surface area contributed by atoms with Gasteiger partial charge in [-0.25, -0.2) is 4.79 Å². The summed E-state index contributed by atoms with van der Waals surface area (Å²) in [6.07, 6.45) is 3.65. The van der Waals surface area contributed by atoms with Gasteiger partial charge in [-0.3, -0.25) is 9.59 Å². The number of anilines is 2. The molecule has 2 amide bonds. The molecule has 2 fully saturated rings.